The van der Waals surface area contributed by atoms with E-state index in [9.17, 15) is 4.79 Å². The van der Waals surface area contributed by atoms with E-state index in [2.05, 4.69) is 36.4 Å². The van der Waals surface area contributed by atoms with E-state index in [1.54, 1.807) is 18.5 Å². The first-order chi connectivity index (χ1) is 13.9. The fourth-order valence-corrected chi connectivity index (χ4v) is 3.04. The lowest BCUT2D eigenvalue weighted by Gasteiger charge is -2.23. The number of rotatable bonds is 6. The van der Waals surface area contributed by atoms with Crippen LogP contribution in [0, 0.1) is 0 Å². The molecule has 29 heavy (non-hydrogen) atoms. The third-order valence-corrected chi connectivity index (χ3v) is 4.44. The van der Waals surface area contributed by atoms with Gasteiger partial charge < -0.3 is 15.4 Å². The van der Waals surface area contributed by atoms with Crippen LogP contribution in [-0.4, -0.2) is 17.5 Å². The predicted molar refractivity (Wildman–Crippen MR) is 118 cm³/mol. The Morgan fingerprint density at radius 3 is 2.41 bits per heavy atom. The summed E-state index contributed by atoms with van der Waals surface area (Å²) in [5.41, 5.74) is 3.96. The van der Waals surface area contributed by atoms with E-state index in [1.165, 1.54) is 0 Å². The van der Waals surface area contributed by atoms with Gasteiger partial charge in [0.15, 0.2) is 0 Å². The molecule has 0 unspecified atom stereocenters. The molecule has 0 aliphatic heterocycles. The summed E-state index contributed by atoms with van der Waals surface area (Å²) in [7, 11) is 0. The highest BCUT2D eigenvalue weighted by molar-refractivity contribution is 6.05. The zero-order valence-corrected chi connectivity index (χ0v) is 17.3. The molecule has 0 bridgehead atoms. The maximum absolute atomic E-state index is 12.8. The summed E-state index contributed by atoms with van der Waals surface area (Å²) in [6.07, 6.45) is 3.26. The molecule has 0 saturated heterocycles. The van der Waals surface area contributed by atoms with Crippen molar-refractivity contribution in [2.75, 3.05) is 17.2 Å². The van der Waals surface area contributed by atoms with Crippen LogP contribution in [0.15, 0.2) is 67.0 Å². The smallest absolute Gasteiger partial charge is 0.257 e. The zero-order chi connectivity index (χ0) is 20.9. The van der Waals surface area contributed by atoms with Gasteiger partial charge in [-0.3, -0.25) is 9.78 Å². The second-order valence-corrected chi connectivity index (χ2v) is 7.79. The van der Waals surface area contributed by atoms with E-state index >= 15 is 0 Å². The Hall–Kier alpha value is -3.34. The summed E-state index contributed by atoms with van der Waals surface area (Å²) in [5, 5.41) is 6.29. The average Bonchev–Trinajstić information content (AvgIpc) is 2.69. The summed E-state index contributed by atoms with van der Waals surface area (Å²) < 4.78 is 5.46. The lowest BCUT2D eigenvalue weighted by atomic mass is 9.86. The molecule has 0 radical (unpaired) electrons. The first-order valence-corrected chi connectivity index (χ1v) is 9.72. The Bertz CT molecular complexity index is 976. The van der Waals surface area contributed by atoms with Crippen LogP contribution in [0.5, 0.6) is 5.75 Å². The number of carbonyl (C=O) groups excluding carboxylic acids is 1. The normalized spacial score (nSPS) is 11.0. The fraction of sp³-hybridized carbons (Fsp3) is 0.250. The second kappa shape index (κ2) is 8.78. The maximum Gasteiger partial charge on any atom is 0.257 e. The molecular weight excluding hydrogens is 362 g/mol. The number of benzene rings is 2. The van der Waals surface area contributed by atoms with Crippen molar-refractivity contribution in [3.05, 3.63) is 78.1 Å². The van der Waals surface area contributed by atoms with Crippen molar-refractivity contribution in [3.8, 4) is 5.75 Å². The van der Waals surface area contributed by atoms with Gasteiger partial charge >= 0.3 is 0 Å². The minimum atomic E-state index is -0.190. The molecule has 5 nitrogen and oxygen atoms in total. The number of nitrogens with one attached hydrogen (secondary N) is 2. The number of hydrogen-bond acceptors (Lipinski definition) is 4. The van der Waals surface area contributed by atoms with Crippen molar-refractivity contribution in [1.29, 1.82) is 0 Å². The molecule has 2 N–H and O–H groups in total. The first-order valence-electron chi connectivity index (χ1n) is 9.72. The van der Waals surface area contributed by atoms with Crippen LogP contribution in [-0.2, 0) is 5.41 Å². The number of carbonyl (C=O) groups is 1. The predicted octanol–water partition coefficient (Wildman–Crippen LogP) is 5.77. The molecule has 0 fully saturated rings. The maximum atomic E-state index is 12.8. The Labute approximate surface area is 172 Å². The van der Waals surface area contributed by atoms with E-state index in [1.807, 2.05) is 55.5 Å². The van der Waals surface area contributed by atoms with Gasteiger partial charge in [0, 0.05) is 17.6 Å². The molecule has 1 amide bonds. The van der Waals surface area contributed by atoms with Gasteiger partial charge in [0.05, 0.1) is 24.1 Å². The van der Waals surface area contributed by atoms with Crippen LogP contribution in [0.4, 0.5) is 17.1 Å². The summed E-state index contributed by atoms with van der Waals surface area (Å²) >= 11 is 0. The van der Waals surface area contributed by atoms with Gasteiger partial charge in [-0.05, 0) is 54.3 Å². The van der Waals surface area contributed by atoms with E-state index in [0.717, 1.165) is 28.4 Å². The minimum Gasteiger partial charge on any atom is -0.494 e. The Morgan fingerprint density at radius 1 is 1.00 bits per heavy atom. The number of hydrogen-bond donors (Lipinski definition) is 2. The number of anilines is 3. The lowest BCUT2D eigenvalue weighted by molar-refractivity contribution is 0.102. The summed E-state index contributed by atoms with van der Waals surface area (Å²) in [5.74, 6) is 0.631. The average molecular weight is 389 g/mol. The van der Waals surface area contributed by atoms with Gasteiger partial charge in [-0.15, -0.1) is 0 Å². The van der Waals surface area contributed by atoms with Crippen molar-refractivity contribution in [2.45, 2.75) is 33.1 Å². The second-order valence-electron chi connectivity index (χ2n) is 7.79. The summed E-state index contributed by atoms with van der Waals surface area (Å²) in [6, 6.07) is 17.3. The van der Waals surface area contributed by atoms with Crippen LogP contribution < -0.4 is 15.4 Å². The Morgan fingerprint density at radius 2 is 1.72 bits per heavy atom. The van der Waals surface area contributed by atoms with Gasteiger partial charge in [0.2, 0.25) is 0 Å². The van der Waals surface area contributed by atoms with Crippen molar-refractivity contribution >= 4 is 23.0 Å². The summed E-state index contributed by atoms with van der Waals surface area (Å²) in [6.45, 7) is 8.96. The number of nitrogens with zero attached hydrogens (tertiary/aromatic N) is 1. The van der Waals surface area contributed by atoms with Crippen LogP contribution in [0.3, 0.4) is 0 Å². The molecular formula is C24H27N3O2. The van der Waals surface area contributed by atoms with Crippen LogP contribution in [0.2, 0.25) is 0 Å². The Kier molecular flexibility index (Phi) is 6.17. The number of ether oxygens (including phenoxy) is 1. The Balaban J connectivity index is 1.75. The van der Waals surface area contributed by atoms with Crippen LogP contribution >= 0.6 is 0 Å². The molecule has 5 heteroatoms. The molecule has 3 rings (SSSR count). The molecule has 0 saturated carbocycles. The monoisotopic (exact) mass is 389 g/mol. The third-order valence-electron chi connectivity index (χ3n) is 4.44. The van der Waals surface area contributed by atoms with E-state index in [4.69, 9.17) is 4.74 Å². The van der Waals surface area contributed by atoms with Gasteiger partial charge in [-0.2, -0.15) is 0 Å². The van der Waals surface area contributed by atoms with Gasteiger partial charge in [0.1, 0.15) is 5.75 Å². The van der Waals surface area contributed by atoms with Crippen molar-refractivity contribution < 1.29 is 9.53 Å². The number of aromatic nitrogens is 1. The van der Waals surface area contributed by atoms with Crippen LogP contribution in [0.1, 0.15) is 43.6 Å². The van der Waals surface area contributed by atoms with E-state index in [0.29, 0.717) is 12.2 Å². The lowest BCUT2D eigenvalue weighted by Crippen LogP contribution is -2.18. The van der Waals surface area contributed by atoms with Crippen molar-refractivity contribution in [3.63, 3.8) is 0 Å². The molecule has 0 spiro atoms. The first kappa shape index (κ1) is 20.4. The number of para-hydroxylation sites is 1. The topological polar surface area (TPSA) is 63.2 Å². The van der Waals surface area contributed by atoms with Crippen molar-refractivity contribution in [1.82, 2.24) is 4.98 Å². The molecule has 0 aliphatic carbocycles. The third kappa shape index (κ3) is 5.35. The zero-order valence-electron chi connectivity index (χ0n) is 17.3. The highest BCUT2D eigenvalue weighted by Crippen LogP contribution is 2.29. The number of pyridine rings is 1. The standard InChI is InChI=1S/C24H27N3O2/c1-5-29-20-12-10-18(11-13-20)26-19-14-17(15-25-16-19)23(28)27-22-9-7-6-8-21(22)24(2,3)4/h6-16,26H,5H2,1-4H3,(H,27,28). The minimum absolute atomic E-state index is 0.0703. The van der Waals surface area contributed by atoms with Crippen molar-refractivity contribution in [2.24, 2.45) is 0 Å². The van der Waals surface area contributed by atoms with E-state index in [-0.39, 0.29) is 11.3 Å². The van der Waals surface area contributed by atoms with Gasteiger partial charge in [0.25, 0.3) is 5.91 Å². The molecule has 0 atom stereocenters. The van der Waals surface area contributed by atoms with Gasteiger partial charge in [-0.25, -0.2) is 0 Å². The van der Waals surface area contributed by atoms with E-state index < -0.39 is 0 Å². The largest absolute Gasteiger partial charge is 0.494 e. The van der Waals surface area contributed by atoms with Crippen LogP contribution in [0.25, 0.3) is 0 Å². The molecule has 1 heterocycles. The summed E-state index contributed by atoms with van der Waals surface area (Å²) in [4.78, 5) is 17.0. The van der Waals surface area contributed by atoms with Gasteiger partial charge in [-0.1, -0.05) is 39.0 Å². The quantitative estimate of drug-likeness (QED) is 0.561. The molecule has 150 valence electrons. The molecule has 3 aromatic rings. The SMILES string of the molecule is CCOc1ccc(Nc2cncc(C(=O)Nc3ccccc3C(C)(C)C)c2)cc1. The highest BCUT2D eigenvalue weighted by atomic mass is 16.5. The molecule has 0 aliphatic rings. The molecule has 1 aromatic heterocycles. The number of amides is 1. The molecule has 2 aromatic carbocycles. The fourth-order valence-electron chi connectivity index (χ4n) is 3.04. The highest BCUT2D eigenvalue weighted by Gasteiger charge is 2.19.